The van der Waals surface area contributed by atoms with E-state index in [9.17, 15) is 18.0 Å². The van der Waals surface area contributed by atoms with Crippen LogP contribution >= 0.6 is 0 Å². The Morgan fingerprint density at radius 1 is 1.33 bits per heavy atom. The zero-order chi connectivity index (χ0) is 19.8. The molecule has 2 aliphatic rings. The zero-order valence-electron chi connectivity index (χ0n) is 16.2. The highest BCUT2D eigenvalue weighted by molar-refractivity contribution is 7.91. The molecule has 1 aromatic rings. The maximum atomic E-state index is 13.0. The van der Waals surface area contributed by atoms with E-state index in [1.807, 2.05) is 18.4 Å². The smallest absolute Gasteiger partial charge is 0.289 e. The molecule has 1 aromatic heterocycles. The van der Waals surface area contributed by atoms with Gasteiger partial charge in [0.05, 0.1) is 17.2 Å². The van der Waals surface area contributed by atoms with Crippen molar-refractivity contribution >= 4 is 21.7 Å². The normalized spacial score (nSPS) is 21.1. The van der Waals surface area contributed by atoms with Crippen LogP contribution < -0.4 is 5.32 Å². The minimum absolute atomic E-state index is 0.00939. The van der Waals surface area contributed by atoms with Gasteiger partial charge in [-0.05, 0) is 31.6 Å². The van der Waals surface area contributed by atoms with Crippen molar-refractivity contribution in [2.24, 2.45) is 5.92 Å². The summed E-state index contributed by atoms with van der Waals surface area (Å²) >= 11 is 0. The second kappa shape index (κ2) is 7.61. The van der Waals surface area contributed by atoms with Crippen LogP contribution in [0, 0.1) is 5.92 Å². The highest BCUT2D eigenvalue weighted by atomic mass is 32.2. The molecule has 1 atom stereocenters. The average molecular weight is 397 g/mol. The Labute approximate surface area is 160 Å². The standard InChI is InChI=1S/C18H28N4O4S/c1-12(2)10-19-17(23)15-14-6-4-5-8-22(14)16(20-15)18(24)21(3)13-7-9-27(25,26)11-13/h12-13H,4-11H2,1-3H3,(H,19,23). The lowest BCUT2D eigenvalue weighted by atomic mass is 10.1. The number of fused-ring (bicyclic) bond motifs is 1. The molecular formula is C18H28N4O4S. The lowest BCUT2D eigenvalue weighted by Crippen LogP contribution is -2.39. The van der Waals surface area contributed by atoms with Crippen molar-refractivity contribution in [2.45, 2.75) is 52.1 Å². The first-order chi connectivity index (χ1) is 12.7. The Morgan fingerprint density at radius 3 is 2.70 bits per heavy atom. The summed E-state index contributed by atoms with van der Waals surface area (Å²) < 4.78 is 25.3. The quantitative estimate of drug-likeness (QED) is 0.796. The fraction of sp³-hybridized carbons (Fsp3) is 0.722. The maximum absolute atomic E-state index is 13.0. The van der Waals surface area contributed by atoms with E-state index < -0.39 is 9.84 Å². The summed E-state index contributed by atoms with van der Waals surface area (Å²) in [4.78, 5) is 31.5. The fourth-order valence-corrected chi connectivity index (χ4v) is 5.45. The lowest BCUT2D eigenvalue weighted by Gasteiger charge is -2.24. The highest BCUT2D eigenvalue weighted by Gasteiger charge is 2.36. The van der Waals surface area contributed by atoms with Crippen molar-refractivity contribution in [3.8, 4) is 0 Å². The van der Waals surface area contributed by atoms with Crippen LogP contribution in [0.3, 0.4) is 0 Å². The number of carbonyl (C=O) groups excluding carboxylic acids is 2. The number of imidazole rings is 1. The molecule has 27 heavy (non-hydrogen) atoms. The first-order valence-electron chi connectivity index (χ1n) is 9.55. The number of carbonyl (C=O) groups is 2. The van der Waals surface area contributed by atoms with Gasteiger partial charge in [-0.1, -0.05) is 13.8 Å². The van der Waals surface area contributed by atoms with Gasteiger partial charge in [-0.3, -0.25) is 9.59 Å². The molecule has 8 nitrogen and oxygen atoms in total. The Bertz CT molecular complexity index is 844. The van der Waals surface area contributed by atoms with E-state index in [0.29, 0.717) is 37.5 Å². The van der Waals surface area contributed by atoms with Crippen LogP contribution in [0.4, 0.5) is 0 Å². The molecule has 0 saturated carbocycles. The summed E-state index contributed by atoms with van der Waals surface area (Å²) in [6, 6.07) is -0.336. The van der Waals surface area contributed by atoms with Crippen LogP contribution in [0.2, 0.25) is 0 Å². The van der Waals surface area contributed by atoms with E-state index in [4.69, 9.17) is 0 Å². The zero-order valence-corrected chi connectivity index (χ0v) is 17.0. The van der Waals surface area contributed by atoms with Crippen molar-refractivity contribution in [1.29, 1.82) is 0 Å². The third-order valence-electron chi connectivity index (χ3n) is 5.27. The first-order valence-corrected chi connectivity index (χ1v) is 11.4. The third-order valence-corrected chi connectivity index (χ3v) is 7.02. The molecule has 0 bridgehead atoms. The Morgan fingerprint density at radius 2 is 2.07 bits per heavy atom. The van der Waals surface area contributed by atoms with Crippen LogP contribution in [-0.4, -0.2) is 65.8 Å². The maximum Gasteiger partial charge on any atom is 0.289 e. The van der Waals surface area contributed by atoms with Crippen molar-refractivity contribution in [3.05, 3.63) is 17.2 Å². The molecule has 2 aliphatic heterocycles. The number of aromatic nitrogens is 2. The molecule has 1 N–H and O–H groups in total. The number of rotatable bonds is 5. The number of sulfone groups is 1. The van der Waals surface area contributed by atoms with Gasteiger partial charge in [0.25, 0.3) is 11.8 Å². The van der Waals surface area contributed by atoms with E-state index in [0.717, 1.165) is 18.5 Å². The molecular weight excluding hydrogens is 368 g/mol. The SMILES string of the molecule is CC(C)CNC(=O)c1nc(C(=O)N(C)C2CCS(=O)(=O)C2)n2c1CCCC2. The second-order valence-electron chi connectivity index (χ2n) is 7.92. The molecule has 1 fully saturated rings. The molecule has 0 aromatic carbocycles. The van der Waals surface area contributed by atoms with Crippen LogP contribution in [-0.2, 0) is 22.8 Å². The van der Waals surface area contributed by atoms with Crippen molar-refractivity contribution < 1.29 is 18.0 Å². The summed E-state index contributed by atoms with van der Waals surface area (Å²) in [6.45, 7) is 5.23. The van der Waals surface area contributed by atoms with Gasteiger partial charge in [-0.25, -0.2) is 13.4 Å². The van der Waals surface area contributed by atoms with E-state index in [1.165, 1.54) is 4.90 Å². The van der Waals surface area contributed by atoms with Gasteiger partial charge in [-0.15, -0.1) is 0 Å². The van der Waals surface area contributed by atoms with E-state index in [2.05, 4.69) is 10.3 Å². The van der Waals surface area contributed by atoms with Gasteiger partial charge in [0.15, 0.2) is 15.7 Å². The highest BCUT2D eigenvalue weighted by Crippen LogP contribution is 2.24. The van der Waals surface area contributed by atoms with Crippen LogP contribution in [0.1, 0.15) is 59.9 Å². The largest absolute Gasteiger partial charge is 0.350 e. The molecule has 3 heterocycles. The molecule has 1 saturated heterocycles. The number of hydrogen-bond acceptors (Lipinski definition) is 5. The van der Waals surface area contributed by atoms with E-state index in [1.54, 1.807) is 7.05 Å². The molecule has 0 aliphatic carbocycles. The lowest BCUT2D eigenvalue weighted by molar-refractivity contribution is 0.0729. The Kier molecular flexibility index (Phi) is 5.60. The summed E-state index contributed by atoms with van der Waals surface area (Å²) in [5, 5.41) is 2.88. The number of nitrogens with one attached hydrogen (secondary N) is 1. The van der Waals surface area contributed by atoms with E-state index >= 15 is 0 Å². The minimum Gasteiger partial charge on any atom is -0.350 e. The van der Waals surface area contributed by atoms with Gasteiger partial charge in [-0.2, -0.15) is 0 Å². The van der Waals surface area contributed by atoms with E-state index in [-0.39, 0.29) is 35.2 Å². The van der Waals surface area contributed by atoms with Crippen LogP contribution in [0.25, 0.3) is 0 Å². The molecule has 2 amide bonds. The summed E-state index contributed by atoms with van der Waals surface area (Å²) in [7, 11) is -1.46. The Hall–Kier alpha value is -1.90. The van der Waals surface area contributed by atoms with Gasteiger partial charge in [0, 0.05) is 26.2 Å². The fourth-order valence-electron chi connectivity index (χ4n) is 3.67. The van der Waals surface area contributed by atoms with Crippen molar-refractivity contribution in [2.75, 3.05) is 25.1 Å². The molecule has 3 rings (SSSR count). The molecule has 0 radical (unpaired) electrons. The Balaban J connectivity index is 1.86. The summed E-state index contributed by atoms with van der Waals surface area (Å²) in [5.74, 6) is 0.0975. The van der Waals surface area contributed by atoms with Gasteiger partial charge in [0.2, 0.25) is 0 Å². The number of hydrogen-bond donors (Lipinski definition) is 1. The summed E-state index contributed by atoms with van der Waals surface area (Å²) in [5.41, 5.74) is 1.13. The monoisotopic (exact) mass is 396 g/mol. The molecule has 150 valence electrons. The average Bonchev–Trinajstić information content (AvgIpc) is 3.18. The number of amides is 2. The molecule has 1 unspecified atom stereocenters. The van der Waals surface area contributed by atoms with Gasteiger partial charge >= 0.3 is 0 Å². The van der Waals surface area contributed by atoms with Crippen LogP contribution in [0.5, 0.6) is 0 Å². The predicted molar refractivity (Wildman–Crippen MR) is 101 cm³/mol. The third kappa shape index (κ3) is 4.17. The van der Waals surface area contributed by atoms with Crippen molar-refractivity contribution in [1.82, 2.24) is 19.8 Å². The van der Waals surface area contributed by atoms with Crippen molar-refractivity contribution in [3.63, 3.8) is 0 Å². The second-order valence-corrected chi connectivity index (χ2v) is 10.1. The minimum atomic E-state index is -3.08. The predicted octanol–water partition coefficient (Wildman–Crippen LogP) is 0.864. The van der Waals surface area contributed by atoms with Gasteiger partial charge < -0.3 is 14.8 Å². The molecule has 0 spiro atoms. The molecule has 9 heteroatoms. The summed E-state index contributed by atoms with van der Waals surface area (Å²) in [6.07, 6.45) is 3.05. The topological polar surface area (TPSA) is 101 Å². The van der Waals surface area contributed by atoms with Crippen LogP contribution in [0.15, 0.2) is 0 Å². The number of nitrogens with zero attached hydrogens (tertiary/aromatic N) is 3. The van der Waals surface area contributed by atoms with Gasteiger partial charge in [0.1, 0.15) is 5.69 Å². The first kappa shape index (κ1) is 19.9.